The normalized spacial score (nSPS) is 11.4. The molecule has 0 N–H and O–H groups in total. The number of nitrogens with zero attached hydrogens (tertiary/aromatic N) is 1. The number of allylic oxidation sites excluding steroid dienone is 4. The fourth-order valence-corrected chi connectivity index (χ4v) is 1.38. The lowest BCUT2D eigenvalue weighted by Crippen LogP contribution is -1.99. The lowest BCUT2D eigenvalue weighted by atomic mass is 10.1. The van der Waals surface area contributed by atoms with Crippen LogP contribution in [0.5, 0.6) is 0 Å². The SMILES string of the molecule is C=CCOC(=O)C=CC(C=CC#N)=Cc1ccccc1. The van der Waals surface area contributed by atoms with Crippen molar-refractivity contribution in [2.75, 3.05) is 6.61 Å². The summed E-state index contributed by atoms with van der Waals surface area (Å²) in [6, 6.07) is 11.5. The number of benzene rings is 1. The number of carbonyl (C=O) groups is 1. The average Bonchev–Trinajstić information content (AvgIpc) is 2.48. The Morgan fingerprint density at radius 3 is 2.65 bits per heavy atom. The molecule has 0 saturated carbocycles. The van der Waals surface area contributed by atoms with Gasteiger partial charge in [0.25, 0.3) is 0 Å². The molecule has 1 aromatic rings. The number of hydrogen-bond donors (Lipinski definition) is 0. The van der Waals surface area contributed by atoms with Crippen molar-refractivity contribution in [3.8, 4) is 6.07 Å². The van der Waals surface area contributed by atoms with Gasteiger partial charge in [0.1, 0.15) is 6.61 Å². The van der Waals surface area contributed by atoms with Gasteiger partial charge in [0.05, 0.1) is 6.07 Å². The minimum atomic E-state index is -0.450. The Labute approximate surface area is 118 Å². The van der Waals surface area contributed by atoms with Gasteiger partial charge in [-0.05, 0) is 29.4 Å². The van der Waals surface area contributed by atoms with Crippen molar-refractivity contribution in [1.82, 2.24) is 0 Å². The molecule has 0 radical (unpaired) electrons. The van der Waals surface area contributed by atoms with Crippen molar-refractivity contribution >= 4 is 12.0 Å². The maximum absolute atomic E-state index is 11.4. The molecule has 0 aromatic heterocycles. The second-order valence-electron chi connectivity index (χ2n) is 3.77. The molecule has 100 valence electrons. The first-order chi connectivity index (χ1) is 9.76. The number of hydrogen-bond acceptors (Lipinski definition) is 3. The summed E-state index contributed by atoms with van der Waals surface area (Å²) in [5.41, 5.74) is 1.71. The molecule has 0 saturated heterocycles. The van der Waals surface area contributed by atoms with Crippen molar-refractivity contribution in [3.63, 3.8) is 0 Å². The van der Waals surface area contributed by atoms with E-state index in [1.54, 1.807) is 12.2 Å². The third-order valence-electron chi connectivity index (χ3n) is 2.24. The molecule has 3 heteroatoms. The Kier molecular flexibility index (Phi) is 6.93. The van der Waals surface area contributed by atoms with Crippen molar-refractivity contribution in [2.45, 2.75) is 0 Å². The highest BCUT2D eigenvalue weighted by Gasteiger charge is 1.95. The highest BCUT2D eigenvalue weighted by molar-refractivity contribution is 5.83. The van der Waals surface area contributed by atoms with Crippen LogP contribution in [0.1, 0.15) is 5.56 Å². The Bertz CT molecular complexity index is 575. The largest absolute Gasteiger partial charge is 0.458 e. The number of esters is 1. The van der Waals surface area contributed by atoms with E-state index in [1.807, 2.05) is 42.5 Å². The number of ether oxygens (including phenoxy) is 1. The minimum Gasteiger partial charge on any atom is -0.458 e. The van der Waals surface area contributed by atoms with Crippen molar-refractivity contribution < 1.29 is 9.53 Å². The van der Waals surface area contributed by atoms with Crippen molar-refractivity contribution in [2.24, 2.45) is 0 Å². The summed E-state index contributed by atoms with van der Waals surface area (Å²) < 4.78 is 4.84. The zero-order chi connectivity index (χ0) is 14.6. The Morgan fingerprint density at radius 2 is 2.00 bits per heavy atom. The molecule has 20 heavy (non-hydrogen) atoms. The van der Waals surface area contributed by atoms with Gasteiger partial charge in [0.2, 0.25) is 0 Å². The highest BCUT2D eigenvalue weighted by atomic mass is 16.5. The van der Waals surface area contributed by atoms with Gasteiger partial charge in [0.15, 0.2) is 0 Å². The maximum atomic E-state index is 11.4. The van der Waals surface area contributed by atoms with E-state index in [9.17, 15) is 4.79 Å². The number of nitriles is 1. The first-order valence-electron chi connectivity index (χ1n) is 6.05. The van der Waals surface area contributed by atoms with Crippen LogP contribution in [0.25, 0.3) is 6.08 Å². The van der Waals surface area contributed by atoms with Crippen LogP contribution >= 0.6 is 0 Å². The molecular formula is C17H15NO2. The molecule has 1 aromatic carbocycles. The fraction of sp³-hybridized carbons (Fsp3) is 0.0588. The van der Waals surface area contributed by atoms with Crippen LogP contribution in [0.2, 0.25) is 0 Å². The van der Waals surface area contributed by atoms with Crippen LogP contribution in [-0.2, 0) is 9.53 Å². The van der Waals surface area contributed by atoms with Gasteiger partial charge in [-0.3, -0.25) is 0 Å². The molecule has 0 amide bonds. The van der Waals surface area contributed by atoms with Gasteiger partial charge < -0.3 is 4.74 Å². The standard InChI is InChI=1S/C17H15NO2/c1-2-13-20-17(19)11-10-16(9-6-12-18)14-15-7-4-3-5-8-15/h2-11,14H,1,13H2. The van der Waals surface area contributed by atoms with Crippen LogP contribution in [0.15, 0.2) is 72.9 Å². The van der Waals surface area contributed by atoms with Crippen LogP contribution in [0.4, 0.5) is 0 Å². The first kappa shape index (κ1) is 15.2. The van der Waals surface area contributed by atoms with Crippen LogP contribution in [0, 0.1) is 11.3 Å². The second kappa shape index (κ2) is 9.12. The molecular weight excluding hydrogens is 250 g/mol. The van der Waals surface area contributed by atoms with E-state index in [0.29, 0.717) is 0 Å². The summed E-state index contributed by atoms with van der Waals surface area (Å²) >= 11 is 0. The lowest BCUT2D eigenvalue weighted by molar-refractivity contribution is -0.136. The lowest BCUT2D eigenvalue weighted by Gasteiger charge is -1.97. The van der Waals surface area contributed by atoms with E-state index in [2.05, 4.69) is 6.58 Å². The van der Waals surface area contributed by atoms with Crippen LogP contribution in [0.3, 0.4) is 0 Å². The summed E-state index contributed by atoms with van der Waals surface area (Å²) in [5.74, 6) is -0.450. The van der Waals surface area contributed by atoms with Crippen LogP contribution < -0.4 is 0 Å². The highest BCUT2D eigenvalue weighted by Crippen LogP contribution is 2.09. The summed E-state index contributed by atoms with van der Waals surface area (Å²) in [7, 11) is 0. The first-order valence-corrected chi connectivity index (χ1v) is 6.05. The second-order valence-corrected chi connectivity index (χ2v) is 3.77. The molecule has 0 atom stereocenters. The predicted octanol–water partition coefficient (Wildman–Crippen LogP) is 3.44. The zero-order valence-corrected chi connectivity index (χ0v) is 11.0. The Hall–Kier alpha value is -2.86. The summed E-state index contributed by atoms with van der Waals surface area (Å²) in [6.07, 6.45) is 9.28. The van der Waals surface area contributed by atoms with Crippen molar-refractivity contribution in [3.05, 3.63) is 78.4 Å². The van der Waals surface area contributed by atoms with Gasteiger partial charge in [0, 0.05) is 12.2 Å². The van der Waals surface area contributed by atoms with E-state index in [-0.39, 0.29) is 6.61 Å². The average molecular weight is 265 g/mol. The maximum Gasteiger partial charge on any atom is 0.331 e. The smallest absolute Gasteiger partial charge is 0.331 e. The Morgan fingerprint density at radius 1 is 1.25 bits per heavy atom. The van der Waals surface area contributed by atoms with Crippen LogP contribution in [-0.4, -0.2) is 12.6 Å². The summed E-state index contributed by atoms with van der Waals surface area (Å²) in [6.45, 7) is 3.64. The van der Waals surface area contributed by atoms with E-state index >= 15 is 0 Å². The van der Waals surface area contributed by atoms with Gasteiger partial charge in [-0.2, -0.15) is 5.26 Å². The van der Waals surface area contributed by atoms with E-state index < -0.39 is 5.97 Å². The van der Waals surface area contributed by atoms with Gasteiger partial charge in [-0.1, -0.05) is 43.0 Å². The molecule has 1 rings (SSSR count). The molecule has 0 aliphatic heterocycles. The molecule has 3 nitrogen and oxygen atoms in total. The van der Waals surface area contributed by atoms with E-state index in [4.69, 9.17) is 10.00 Å². The summed E-state index contributed by atoms with van der Waals surface area (Å²) in [4.78, 5) is 11.4. The predicted molar refractivity (Wildman–Crippen MR) is 79.5 cm³/mol. The molecule has 0 heterocycles. The monoisotopic (exact) mass is 265 g/mol. The molecule has 0 unspecified atom stereocenters. The molecule has 0 bridgehead atoms. The minimum absolute atomic E-state index is 0.176. The third-order valence-corrected chi connectivity index (χ3v) is 2.24. The summed E-state index contributed by atoms with van der Waals surface area (Å²) in [5, 5.41) is 8.58. The van der Waals surface area contributed by atoms with Crippen molar-refractivity contribution in [1.29, 1.82) is 5.26 Å². The Balaban J connectivity index is 2.85. The topological polar surface area (TPSA) is 50.1 Å². The fourth-order valence-electron chi connectivity index (χ4n) is 1.38. The quantitative estimate of drug-likeness (QED) is 0.260. The van der Waals surface area contributed by atoms with E-state index in [1.165, 1.54) is 18.2 Å². The molecule has 0 spiro atoms. The molecule has 0 fully saturated rings. The number of carbonyl (C=O) groups excluding carboxylic acids is 1. The molecule has 0 aliphatic carbocycles. The third kappa shape index (κ3) is 6.18. The van der Waals surface area contributed by atoms with Gasteiger partial charge in [-0.25, -0.2) is 4.79 Å². The van der Waals surface area contributed by atoms with E-state index in [0.717, 1.165) is 11.1 Å². The zero-order valence-electron chi connectivity index (χ0n) is 11.0. The van der Waals surface area contributed by atoms with Gasteiger partial charge >= 0.3 is 5.97 Å². The number of rotatable bonds is 6. The van der Waals surface area contributed by atoms with Gasteiger partial charge in [-0.15, -0.1) is 0 Å². The molecule has 0 aliphatic rings.